The van der Waals surface area contributed by atoms with Gasteiger partial charge in [-0.1, -0.05) is 24.6 Å². The van der Waals surface area contributed by atoms with E-state index in [0.717, 1.165) is 0 Å². The highest BCUT2D eigenvalue weighted by Crippen LogP contribution is 2.36. The molecule has 2 aliphatic heterocycles. The van der Waals surface area contributed by atoms with Gasteiger partial charge in [0.15, 0.2) is 6.10 Å². The van der Waals surface area contributed by atoms with Crippen LogP contribution in [0.4, 0.5) is 11.4 Å². The normalized spacial score (nSPS) is 19.4. The summed E-state index contributed by atoms with van der Waals surface area (Å²) in [6.45, 7) is 3.99. The number of sulfonamides is 1. The number of anilines is 2. The summed E-state index contributed by atoms with van der Waals surface area (Å²) in [6, 6.07) is 10.0. The Bertz CT molecular complexity index is 1190. The summed E-state index contributed by atoms with van der Waals surface area (Å²) in [6.07, 6.45) is 0.663. The summed E-state index contributed by atoms with van der Waals surface area (Å²) in [5, 5.41) is 6.16. The average molecular weight is 492 g/mol. The molecule has 4 rings (SSSR count). The molecule has 1 atom stereocenters. The molecule has 33 heavy (non-hydrogen) atoms. The molecule has 0 spiro atoms. The number of hydrogen-bond acceptors (Lipinski definition) is 5. The SMILES string of the molecule is CC[C@H]1Oc2cc(S(=O)(=O)N3CCC(C(=O)Nc4cccc(Cl)c4)CC3)c(C)cc2NC1=O. The standard InChI is InChI=1S/C23H26ClN3O5S/c1-3-19-23(29)26-18-11-14(2)21(13-20(18)32-19)33(30,31)27-9-7-15(8-10-27)22(28)25-17-6-4-5-16(24)12-17/h4-6,11-13,15,19H,3,7-10H2,1-2H3,(H,25,28)(H,26,29)/t19-/m1/s1. The Morgan fingerprint density at radius 3 is 2.64 bits per heavy atom. The fourth-order valence-corrected chi connectivity index (χ4v) is 6.02. The Morgan fingerprint density at radius 1 is 1.24 bits per heavy atom. The van der Waals surface area contributed by atoms with Crippen LogP contribution in [0.2, 0.25) is 5.02 Å². The highest BCUT2D eigenvalue weighted by atomic mass is 35.5. The van der Waals surface area contributed by atoms with Crippen LogP contribution in [0.5, 0.6) is 5.75 Å². The molecule has 0 aromatic heterocycles. The van der Waals surface area contributed by atoms with Crippen molar-refractivity contribution in [2.24, 2.45) is 5.92 Å². The Kier molecular flexibility index (Phi) is 6.65. The van der Waals surface area contributed by atoms with E-state index in [1.54, 1.807) is 37.3 Å². The van der Waals surface area contributed by atoms with E-state index in [2.05, 4.69) is 10.6 Å². The summed E-state index contributed by atoms with van der Waals surface area (Å²) < 4.78 is 33.9. The van der Waals surface area contributed by atoms with Crippen molar-refractivity contribution in [3.63, 3.8) is 0 Å². The largest absolute Gasteiger partial charge is 0.478 e. The van der Waals surface area contributed by atoms with Crippen LogP contribution >= 0.6 is 11.6 Å². The molecular weight excluding hydrogens is 466 g/mol. The van der Waals surface area contributed by atoms with Gasteiger partial charge in [0.25, 0.3) is 5.91 Å². The zero-order chi connectivity index (χ0) is 23.8. The van der Waals surface area contributed by atoms with Crippen molar-refractivity contribution in [2.45, 2.75) is 44.1 Å². The summed E-state index contributed by atoms with van der Waals surface area (Å²) in [5.41, 5.74) is 1.61. The molecule has 8 nitrogen and oxygen atoms in total. The summed E-state index contributed by atoms with van der Waals surface area (Å²) in [5.74, 6) is -0.322. The first-order valence-electron chi connectivity index (χ1n) is 10.9. The minimum Gasteiger partial charge on any atom is -0.478 e. The number of nitrogens with one attached hydrogen (secondary N) is 2. The second-order valence-corrected chi connectivity index (χ2v) is 10.6. The molecule has 176 valence electrons. The Morgan fingerprint density at radius 2 is 1.97 bits per heavy atom. The first kappa shape index (κ1) is 23.5. The minimum absolute atomic E-state index is 0.144. The maximum absolute atomic E-state index is 13.4. The van der Waals surface area contributed by atoms with E-state index in [0.29, 0.717) is 47.0 Å². The van der Waals surface area contributed by atoms with Gasteiger partial charge < -0.3 is 15.4 Å². The quantitative estimate of drug-likeness (QED) is 0.662. The number of hydrogen-bond donors (Lipinski definition) is 2. The second kappa shape index (κ2) is 9.32. The molecule has 2 aromatic carbocycles. The van der Waals surface area contributed by atoms with E-state index < -0.39 is 16.1 Å². The molecule has 1 fully saturated rings. The molecule has 0 aliphatic carbocycles. The monoisotopic (exact) mass is 491 g/mol. The molecule has 1 saturated heterocycles. The third kappa shape index (κ3) is 4.85. The van der Waals surface area contributed by atoms with E-state index in [1.165, 1.54) is 10.4 Å². The van der Waals surface area contributed by atoms with E-state index in [1.807, 2.05) is 6.92 Å². The number of fused-ring (bicyclic) bond motifs is 1. The van der Waals surface area contributed by atoms with E-state index in [-0.39, 0.29) is 35.7 Å². The minimum atomic E-state index is -3.79. The van der Waals surface area contributed by atoms with Crippen molar-refractivity contribution in [1.82, 2.24) is 4.31 Å². The maximum atomic E-state index is 13.4. The molecule has 2 aliphatic rings. The lowest BCUT2D eigenvalue weighted by atomic mass is 9.97. The van der Waals surface area contributed by atoms with Crippen molar-refractivity contribution in [1.29, 1.82) is 0 Å². The molecule has 2 aromatic rings. The molecule has 0 unspecified atom stereocenters. The first-order chi connectivity index (χ1) is 15.7. The molecular formula is C23H26ClN3O5S. The number of carbonyl (C=O) groups is 2. The second-order valence-electron chi connectivity index (χ2n) is 8.30. The van der Waals surface area contributed by atoms with Crippen LogP contribution in [0.15, 0.2) is 41.3 Å². The van der Waals surface area contributed by atoms with E-state index in [9.17, 15) is 18.0 Å². The molecule has 0 saturated carbocycles. The van der Waals surface area contributed by atoms with Gasteiger partial charge in [-0.25, -0.2) is 8.42 Å². The number of benzene rings is 2. The molecule has 2 N–H and O–H groups in total. The van der Waals surface area contributed by atoms with Gasteiger partial charge in [-0.3, -0.25) is 9.59 Å². The van der Waals surface area contributed by atoms with Gasteiger partial charge in [-0.2, -0.15) is 4.31 Å². The fourth-order valence-electron chi connectivity index (χ4n) is 4.14. The lowest BCUT2D eigenvalue weighted by Crippen LogP contribution is -2.41. The zero-order valence-corrected chi connectivity index (χ0v) is 20.0. The van der Waals surface area contributed by atoms with E-state index in [4.69, 9.17) is 16.3 Å². The van der Waals surface area contributed by atoms with Crippen molar-refractivity contribution in [3.8, 4) is 5.75 Å². The Hall–Kier alpha value is -2.62. The zero-order valence-electron chi connectivity index (χ0n) is 18.4. The topological polar surface area (TPSA) is 105 Å². The van der Waals surface area contributed by atoms with Crippen LogP contribution in [-0.4, -0.2) is 43.7 Å². The third-order valence-electron chi connectivity index (χ3n) is 6.00. The fraction of sp³-hybridized carbons (Fsp3) is 0.391. The van der Waals surface area contributed by atoms with Crippen molar-refractivity contribution in [3.05, 3.63) is 47.0 Å². The maximum Gasteiger partial charge on any atom is 0.265 e. The molecule has 10 heteroatoms. The number of aryl methyl sites for hydroxylation is 1. The van der Waals surface area contributed by atoms with Gasteiger partial charge in [-0.05, 0) is 56.0 Å². The number of rotatable bonds is 5. The van der Waals surface area contributed by atoms with Gasteiger partial charge in [0, 0.05) is 35.8 Å². The number of ether oxygens (including phenoxy) is 1. The smallest absolute Gasteiger partial charge is 0.265 e. The lowest BCUT2D eigenvalue weighted by molar-refractivity contribution is -0.123. The van der Waals surface area contributed by atoms with Gasteiger partial charge in [0.1, 0.15) is 5.75 Å². The third-order valence-corrected chi connectivity index (χ3v) is 8.28. The lowest BCUT2D eigenvalue weighted by Gasteiger charge is -2.32. The van der Waals surface area contributed by atoms with Crippen LogP contribution in [-0.2, 0) is 19.6 Å². The van der Waals surface area contributed by atoms with Crippen LogP contribution in [0.1, 0.15) is 31.7 Å². The van der Waals surface area contributed by atoms with Gasteiger partial charge in [0.05, 0.1) is 10.6 Å². The summed E-state index contributed by atoms with van der Waals surface area (Å²) >= 11 is 5.97. The molecule has 0 bridgehead atoms. The predicted octanol–water partition coefficient (Wildman–Crippen LogP) is 3.80. The van der Waals surface area contributed by atoms with Gasteiger partial charge in [-0.15, -0.1) is 0 Å². The van der Waals surface area contributed by atoms with Gasteiger partial charge in [0.2, 0.25) is 15.9 Å². The van der Waals surface area contributed by atoms with Crippen molar-refractivity contribution >= 4 is 44.8 Å². The Labute approximate surface area is 198 Å². The molecule has 2 amide bonds. The van der Waals surface area contributed by atoms with Gasteiger partial charge >= 0.3 is 0 Å². The number of nitrogens with zero attached hydrogens (tertiary/aromatic N) is 1. The highest BCUT2D eigenvalue weighted by molar-refractivity contribution is 7.89. The summed E-state index contributed by atoms with van der Waals surface area (Å²) in [4.78, 5) is 24.8. The van der Waals surface area contributed by atoms with Crippen LogP contribution < -0.4 is 15.4 Å². The molecule has 2 heterocycles. The average Bonchev–Trinajstić information content (AvgIpc) is 2.78. The summed E-state index contributed by atoms with van der Waals surface area (Å²) in [7, 11) is -3.79. The van der Waals surface area contributed by atoms with Crippen LogP contribution in [0.25, 0.3) is 0 Å². The van der Waals surface area contributed by atoms with Crippen LogP contribution in [0, 0.1) is 12.8 Å². The molecule has 0 radical (unpaired) electrons. The number of carbonyl (C=O) groups excluding carboxylic acids is 2. The first-order valence-corrected chi connectivity index (χ1v) is 12.7. The van der Waals surface area contributed by atoms with Crippen LogP contribution in [0.3, 0.4) is 0 Å². The highest BCUT2D eigenvalue weighted by Gasteiger charge is 2.35. The van der Waals surface area contributed by atoms with Crippen molar-refractivity contribution in [2.75, 3.05) is 23.7 Å². The Balaban J connectivity index is 1.46. The predicted molar refractivity (Wildman–Crippen MR) is 126 cm³/mol. The van der Waals surface area contributed by atoms with Crippen molar-refractivity contribution < 1.29 is 22.7 Å². The number of amides is 2. The number of halogens is 1. The van der Waals surface area contributed by atoms with E-state index >= 15 is 0 Å². The number of piperidine rings is 1.